The molecule has 0 aromatic heterocycles. The van der Waals surface area contributed by atoms with Crippen LogP contribution in [0.15, 0.2) is 23.1 Å². The topological polar surface area (TPSA) is 17.1 Å². The van der Waals surface area contributed by atoms with Gasteiger partial charge in [-0.2, -0.15) is 0 Å². The molecule has 0 saturated carbocycles. The number of halogens is 2. The largest absolute Gasteiger partial charge is 0.300 e. The summed E-state index contributed by atoms with van der Waals surface area (Å²) in [6.45, 7) is 1.42. The SMILES string of the molecule is CC(=O)Cc1cc(S)cc(C(F)F)c1. The Kier molecular flexibility index (Phi) is 3.63. The number of rotatable bonds is 3. The van der Waals surface area contributed by atoms with Gasteiger partial charge in [-0.3, -0.25) is 4.79 Å². The molecule has 1 rings (SSSR count). The van der Waals surface area contributed by atoms with Crippen LogP contribution >= 0.6 is 12.6 Å². The van der Waals surface area contributed by atoms with E-state index in [9.17, 15) is 13.6 Å². The minimum atomic E-state index is -2.52. The summed E-state index contributed by atoms with van der Waals surface area (Å²) in [4.78, 5) is 11.3. The van der Waals surface area contributed by atoms with Crippen molar-refractivity contribution in [2.24, 2.45) is 0 Å². The summed E-state index contributed by atoms with van der Waals surface area (Å²) in [7, 11) is 0. The van der Waals surface area contributed by atoms with Crippen molar-refractivity contribution in [2.75, 3.05) is 0 Å². The Labute approximate surface area is 86.5 Å². The molecule has 0 spiro atoms. The van der Waals surface area contributed by atoms with E-state index in [4.69, 9.17) is 0 Å². The zero-order valence-electron chi connectivity index (χ0n) is 7.63. The van der Waals surface area contributed by atoms with Gasteiger partial charge in [-0.25, -0.2) is 8.78 Å². The Balaban J connectivity index is 3.01. The normalized spacial score (nSPS) is 10.6. The van der Waals surface area contributed by atoms with Crippen LogP contribution in [0.25, 0.3) is 0 Å². The van der Waals surface area contributed by atoms with Crippen LogP contribution in [0, 0.1) is 0 Å². The molecule has 0 fully saturated rings. The first-order valence-electron chi connectivity index (χ1n) is 4.09. The van der Waals surface area contributed by atoms with E-state index in [1.807, 2.05) is 0 Å². The van der Waals surface area contributed by atoms with E-state index in [1.54, 1.807) is 6.07 Å². The monoisotopic (exact) mass is 216 g/mol. The minimum Gasteiger partial charge on any atom is -0.300 e. The van der Waals surface area contributed by atoms with Crippen LogP contribution < -0.4 is 0 Å². The summed E-state index contributed by atoms with van der Waals surface area (Å²) in [5, 5.41) is 0. The standard InChI is InChI=1S/C10H10F2OS/c1-6(13)2-7-3-8(10(11)12)5-9(14)4-7/h3-5,10,14H,2H2,1H3. The molecule has 0 unspecified atom stereocenters. The lowest BCUT2D eigenvalue weighted by Gasteiger charge is -2.04. The Morgan fingerprint density at radius 1 is 1.43 bits per heavy atom. The van der Waals surface area contributed by atoms with E-state index in [0.29, 0.717) is 10.5 Å². The minimum absolute atomic E-state index is 0.0517. The lowest BCUT2D eigenvalue weighted by molar-refractivity contribution is -0.116. The highest BCUT2D eigenvalue weighted by atomic mass is 32.1. The Bertz CT molecular complexity index is 350. The molecule has 0 bridgehead atoms. The molecule has 1 aromatic carbocycles. The zero-order valence-corrected chi connectivity index (χ0v) is 8.52. The average molecular weight is 216 g/mol. The van der Waals surface area contributed by atoms with Crippen molar-refractivity contribution < 1.29 is 13.6 Å². The van der Waals surface area contributed by atoms with E-state index >= 15 is 0 Å². The Morgan fingerprint density at radius 3 is 2.57 bits per heavy atom. The number of thiol groups is 1. The molecule has 0 saturated heterocycles. The van der Waals surface area contributed by atoms with E-state index in [2.05, 4.69) is 12.6 Å². The number of benzene rings is 1. The van der Waals surface area contributed by atoms with Crippen molar-refractivity contribution in [2.45, 2.75) is 24.7 Å². The highest BCUT2D eigenvalue weighted by Crippen LogP contribution is 2.23. The van der Waals surface area contributed by atoms with Crippen molar-refractivity contribution in [3.05, 3.63) is 29.3 Å². The van der Waals surface area contributed by atoms with E-state index in [0.717, 1.165) is 0 Å². The van der Waals surface area contributed by atoms with Gasteiger partial charge in [-0.1, -0.05) is 0 Å². The van der Waals surface area contributed by atoms with Gasteiger partial charge in [-0.15, -0.1) is 12.6 Å². The maximum Gasteiger partial charge on any atom is 0.263 e. The van der Waals surface area contributed by atoms with Crippen LogP contribution in [0.5, 0.6) is 0 Å². The molecule has 0 heterocycles. The second-order valence-electron chi connectivity index (χ2n) is 3.11. The maximum absolute atomic E-state index is 12.3. The summed E-state index contributed by atoms with van der Waals surface area (Å²) in [5.41, 5.74) is 0.494. The maximum atomic E-state index is 12.3. The van der Waals surface area contributed by atoms with Crippen LogP contribution in [0.3, 0.4) is 0 Å². The lowest BCUT2D eigenvalue weighted by atomic mass is 10.1. The molecule has 0 aliphatic carbocycles. The van der Waals surface area contributed by atoms with Gasteiger partial charge in [-0.05, 0) is 30.7 Å². The molecule has 1 aromatic rings. The summed E-state index contributed by atoms with van der Waals surface area (Å²) in [6.07, 6.45) is -2.35. The predicted molar refractivity (Wildman–Crippen MR) is 53.0 cm³/mol. The van der Waals surface area contributed by atoms with Gasteiger partial charge in [0, 0.05) is 16.9 Å². The fraction of sp³-hybridized carbons (Fsp3) is 0.300. The van der Waals surface area contributed by atoms with Crippen LogP contribution in [0.1, 0.15) is 24.5 Å². The fourth-order valence-corrected chi connectivity index (χ4v) is 1.53. The van der Waals surface area contributed by atoms with Crippen LogP contribution in [-0.2, 0) is 11.2 Å². The summed E-state index contributed by atoms with van der Waals surface area (Å²) in [5.74, 6) is -0.0517. The van der Waals surface area contributed by atoms with Gasteiger partial charge >= 0.3 is 0 Å². The average Bonchev–Trinajstić information content (AvgIpc) is 2.01. The van der Waals surface area contributed by atoms with Gasteiger partial charge in [0.2, 0.25) is 0 Å². The number of carbonyl (C=O) groups excluding carboxylic acids is 1. The fourth-order valence-electron chi connectivity index (χ4n) is 1.22. The van der Waals surface area contributed by atoms with E-state index < -0.39 is 6.43 Å². The van der Waals surface area contributed by atoms with Crippen LogP contribution in [0.2, 0.25) is 0 Å². The molecule has 76 valence electrons. The first-order chi connectivity index (χ1) is 6.49. The summed E-state index contributed by atoms with van der Waals surface area (Å²) >= 11 is 4.00. The van der Waals surface area contributed by atoms with Crippen molar-refractivity contribution in [3.8, 4) is 0 Å². The van der Waals surface area contributed by atoms with Gasteiger partial charge in [0.25, 0.3) is 6.43 Å². The first-order valence-corrected chi connectivity index (χ1v) is 4.54. The van der Waals surface area contributed by atoms with Gasteiger partial charge in [0.1, 0.15) is 5.78 Å². The van der Waals surface area contributed by atoms with E-state index in [-0.39, 0.29) is 17.8 Å². The molecule has 0 N–H and O–H groups in total. The second-order valence-corrected chi connectivity index (χ2v) is 3.63. The second kappa shape index (κ2) is 4.55. The van der Waals surface area contributed by atoms with Crippen LogP contribution in [0.4, 0.5) is 8.78 Å². The molecule has 0 amide bonds. The molecule has 0 aliphatic heterocycles. The summed E-state index contributed by atoms with van der Waals surface area (Å²) in [6, 6.07) is 4.26. The molecule has 0 radical (unpaired) electrons. The number of hydrogen-bond acceptors (Lipinski definition) is 2. The molecular weight excluding hydrogens is 206 g/mol. The van der Waals surface area contributed by atoms with Crippen molar-refractivity contribution in [1.82, 2.24) is 0 Å². The first kappa shape index (κ1) is 11.2. The smallest absolute Gasteiger partial charge is 0.263 e. The number of Topliss-reactive ketones (excluding diaryl/α,β-unsaturated/α-hetero) is 1. The number of hydrogen-bond donors (Lipinski definition) is 1. The van der Waals surface area contributed by atoms with Gasteiger partial charge in [0.05, 0.1) is 0 Å². The third kappa shape index (κ3) is 3.10. The van der Waals surface area contributed by atoms with Crippen LogP contribution in [-0.4, -0.2) is 5.78 Å². The van der Waals surface area contributed by atoms with E-state index in [1.165, 1.54) is 19.1 Å². The molecule has 4 heteroatoms. The molecule has 0 atom stereocenters. The van der Waals surface area contributed by atoms with Gasteiger partial charge < -0.3 is 0 Å². The highest BCUT2D eigenvalue weighted by Gasteiger charge is 2.09. The Hall–Kier alpha value is -0.900. The van der Waals surface area contributed by atoms with Crippen molar-refractivity contribution >= 4 is 18.4 Å². The third-order valence-electron chi connectivity index (χ3n) is 1.70. The van der Waals surface area contributed by atoms with Crippen molar-refractivity contribution in [3.63, 3.8) is 0 Å². The molecule has 0 aliphatic rings. The molecular formula is C10H10F2OS. The summed E-state index contributed by atoms with van der Waals surface area (Å²) < 4.78 is 24.7. The zero-order chi connectivity index (χ0) is 10.7. The predicted octanol–water partition coefficient (Wildman–Crippen LogP) is 3.04. The van der Waals surface area contributed by atoms with Crippen molar-refractivity contribution in [1.29, 1.82) is 0 Å². The molecule has 14 heavy (non-hydrogen) atoms. The highest BCUT2D eigenvalue weighted by molar-refractivity contribution is 7.80. The van der Waals surface area contributed by atoms with Gasteiger partial charge in [0.15, 0.2) is 0 Å². The number of ketones is 1. The quantitative estimate of drug-likeness (QED) is 0.768. The number of alkyl halides is 2. The Morgan fingerprint density at radius 2 is 2.07 bits per heavy atom. The molecule has 1 nitrogen and oxygen atoms in total. The number of carbonyl (C=O) groups is 1. The third-order valence-corrected chi connectivity index (χ3v) is 1.96. The lowest BCUT2D eigenvalue weighted by Crippen LogP contribution is -1.97.